The monoisotopic (exact) mass is 422 g/mol. The summed E-state index contributed by atoms with van der Waals surface area (Å²) in [6.07, 6.45) is 1.15. The van der Waals surface area contributed by atoms with Crippen LogP contribution in [0.1, 0.15) is 34.3 Å². The molecule has 0 saturated heterocycles. The third-order valence-corrected chi connectivity index (χ3v) is 6.05. The number of anilines is 1. The van der Waals surface area contributed by atoms with E-state index in [9.17, 15) is 13.2 Å². The second-order valence-corrected chi connectivity index (χ2v) is 9.20. The molecule has 30 heavy (non-hydrogen) atoms. The van der Waals surface area contributed by atoms with Crippen molar-refractivity contribution in [2.24, 2.45) is 0 Å². The lowest BCUT2D eigenvalue weighted by molar-refractivity contribution is 0.0952. The number of sulfonamides is 1. The molecule has 5 nitrogen and oxygen atoms in total. The molecule has 0 saturated carbocycles. The molecule has 3 aromatic rings. The summed E-state index contributed by atoms with van der Waals surface area (Å²) < 4.78 is 26.4. The number of para-hydroxylation sites is 1. The molecule has 0 aliphatic rings. The summed E-state index contributed by atoms with van der Waals surface area (Å²) in [6, 6.07) is 26.1. The first kappa shape index (κ1) is 21.6. The maximum Gasteiger partial charge on any atom is 0.253 e. The third-order valence-electron chi connectivity index (χ3n) is 4.92. The summed E-state index contributed by atoms with van der Waals surface area (Å²) in [6.45, 7) is 2.65. The van der Waals surface area contributed by atoms with Gasteiger partial charge in [-0.05, 0) is 29.2 Å². The molecule has 0 spiro atoms. The van der Waals surface area contributed by atoms with E-state index in [2.05, 4.69) is 5.32 Å². The van der Waals surface area contributed by atoms with Gasteiger partial charge in [-0.2, -0.15) is 0 Å². The van der Waals surface area contributed by atoms with Crippen LogP contribution in [0.3, 0.4) is 0 Å². The Labute approximate surface area is 178 Å². The van der Waals surface area contributed by atoms with Crippen molar-refractivity contribution in [3.63, 3.8) is 0 Å². The third kappa shape index (κ3) is 5.48. The van der Waals surface area contributed by atoms with Crippen molar-refractivity contribution in [2.45, 2.75) is 19.4 Å². The van der Waals surface area contributed by atoms with Gasteiger partial charge in [0.2, 0.25) is 10.0 Å². The number of carbonyl (C=O) groups is 1. The zero-order valence-corrected chi connectivity index (χ0v) is 18.0. The second kappa shape index (κ2) is 9.59. The van der Waals surface area contributed by atoms with Crippen molar-refractivity contribution in [1.29, 1.82) is 0 Å². The SMILES string of the molecule is C[C@H](CNC(=O)c1ccccc1N(Cc1ccccc1)S(C)(=O)=O)c1ccccc1. The molecule has 1 N–H and O–H groups in total. The number of carbonyl (C=O) groups excluding carboxylic acids is 1. The van der Waals surface area contributed by atoms with Crippen molar-refractivity contribution in [3.8, 4) is 0 Å². The molecule has 0 aliphatic carbocycles. The lowest BCUT2D eigenvalue weighted by atomic mass is 10.0. The lowest BCUT2D eigenvalue weighted by Gasteiger charge is -2.25. The topological polar surface area (TPSA) is 66.5 Å². The first-order chi connectivity index (χ1) is 14.4. The van der Waals surface area contributed by atoms with Gasteiger partial charge in [-0.3, -0.25) is 9.10 Å². The summed E-state index contributed by atoms with van der Waals surface area (Å²) in [4.78, 5) is 13.0. The van der Waals surface area contributed by atoms with Crippen LogP contribution in [-0.4, -0.2) is 27.1 Å². The number of nitrogens with zero attached hydrogens (tertiary/aromatic N) is 1. The van der Waals surface area contributed by atoms with Crippen LogP contribution < -0.4 is 9.62 Å². The van der Waals surface area contributed by atoms with Gasteiger partial charge in [-0.1, -0.05) is 79.7 Å². The summed E-state index contributed by atoms with van der Waals surface area (Å²) in [5.74, 6) is -0.160. The molecule has 0 fully saturated rings. The Morgan fingerprint density at radius 1 is 0.900 bits per heavy atom. The van der Waals surface area contributed by atoms with Crippen LogP contribution in [0.15, 0.2) is 84.9 Å². The average molecular weight is 423 g/mol. The molecule has 156 valence electrons. The van der Waals surface area contributed by atoms with Crippen LogP contribution >= 0.6 is 0 Å². The normalized spacial score (nSPS) is 12.2. The predicted molar refractivity (Wildman–Crippen MR) is 121 cm³/mol. The van der Waals surface area contributed by atoms with Crippen LogP contribution in [0, 0.1) is 0 Å². The zero-order valence-electron chi connectivity index (χ0n) is 17.2. The van der Waals surface area contributed by atoms with E-state index < -0.39 is 10.0 Å². The smallest absolute Gasteiger partial charge is 0.253 e. The molecule has 0 radical (unpaired) electrons. The minimum atomic E-state index is -3.59. The van der Waals surface area contributed by atoms with Gasteiger partial charge in [0.05, 0.1) is 24.1 Å². The summed E-state index contributed by atoms with van der Waals surface area (Å²) in [7, 11) is -3.59. The van der Waals surface area contributed by atoms with Gasteiger partial charge in [0.25, 0.3) is 5.91 Å². The van der Waals surface area contributed by atoms with Crippen LogP contribution in [0.2, 0.25) is 0 Å². The minimum absolute atomic E-state index is 0.137. The van der Waals surface area contributed by atoms with E-state index in [1.54, 1.807) is 24.3 Å². The average Bonchev–Trinajstić information content (AvgIpc) is 2.76. The standard InChI is InChI=1S/C24H26N2O3S/c1-19(21-13-7-4-8-14-21)17-25-24(27)22-15-9-10-16-23(22)26(30(2,28)29)18-20-11-5-3-6-12-20/h3-16,19H,17-18H2,1-2H3,(H,25,27)/t19-/m1/s1. The molecule has 1 amide bonds. The number of nitrogens with one attached hydrogen (secondary N) is 1. The largest absolute Gasteiger partial charge is 0.351 e. The Hall–Kier alpha value is -3.12. The Kier molecular flexibility index (Phi) is 6.90. The number of benzene rings is 3. The molecule has 3 rings (SSSR count). The van der Waals surface area contributed by atoms with E-state index in [1.165, 1.54) is 4.31 Å². The van der Waals surface area contributed by atoms with Gasteiger partial charge in [-0.25, -0.2) is 8.42 Å². The number of rotatable bonds is 8. The highest BCUT2D eigenvalue weighted by Crippen LogP contribution is 2.25. The molecule has 1 atom stereocenters. The molecule has 0 bridgehead atoms. The Morgan fingerprint density at radius 2 is 1.47 bits per heavy atom. The zero-order chi connectivity index (χ0) is 21.6. The Balaban J connectivity index is 1.83. The van der Waals surface area contributed by atoms with Gasteiger partial charge in [0, 0.05) is 6.54 Å². The number of hydrogen-bond acceptors (Lipinski definition) is 3. The van der Waals surface area contributed by atoms with Gasteiger partial charge in [-0.15, -0.1) is 0 Å². The summed E-state index contributed by atoms with van der Waals surface area (Å²) >= 11 is 0. The second-order valence-electron chi connectivity index (χ2n) is 7.29. The summed E-state index contributed by atoms with van der Waals surface area (Å²) in [5, 5.41) is 2.95. The van der Waals surface area contributed by atoms with E-state index in [0.29, 0.717) is 17.8 Å². The molecule has 0 aliphatic heterocycles. The first-order valence-corrected chi connectivity index (χ1v) is 11.6. The molecule has 6 heteroatoms. The van der Waals surface area contributed by atoms with Gasteiger partial charge < -0.3 is 5.32 Å². The van der Waals surface area contributed by atoms with Crippen molar-refractivity contribution < 1.29 is 13.2 Å². The molecule has 0 unspecified atom stereocenters. The maximum atomic E-state index is 13.0. The van der Waals surface area contributed by atoms with Gasteiger partial charge in [0.1, 0.15) is 0 Å². The van der Waals surface area contributed by atoms with E-state index in [4.69, 9.17) is 0 Å². The maximum absolute atomic E-state index is 13.0. The molecular weight excluding hydrogens is 396 g/mol. The fourth-order valence-corrected chi connectivity index (χ4v) is 4.15. The van der Waals surface area contributed by atoms with E-state index in [-0.39, 0.29) is 18.4 Å². The fourth-order valence-electron chi connectivity index (χ4n) is 3.25. The van der Waals surface area contributed by atoms with Crippen molar-refractivity contribution in [3.05, 3.63) is 102 Å². The highest BCUT2D eigenvalue weighted by atomic mass is 32.2. The first-order valence-electron chi connectivity index (χ1n) is 9.80. The predicted octanol–water partition coefficient (Wildman–Crippen LogP) is 4.19. The molecule has 3 aromatic carbocycles. The molecule has 0 heterocycles. The fraction of sp³-hybridized carbons (Fsp3) is 0.208. The minimum Gasteiger partial charge on any atom is -0.351 e. The highest BCUT2D eigenvalue weighted by molar-refractivity contribution is 7.92. The van der Waals surface area contributed by atoms with Gasteiger partial charge >= 0.3 is 0 Å². The Morgan fingerprint density at radius 3 is 2.10 bits per heavy atom. The van der Waals surface area contributed by atoms with Crippen molar-refractivity contribution in [2.75, 3.05) is 17.1 Å². The van der Waals surface area contributed by atoms with Gasteiger partial charge in [0.15, 0.2) is 0 Å². The quantitative estimate of drug-likeness (QED) is 0.592. The highest BCUT2D eigenvalue weighted by Gasteiger charge is 2.23. The van der Waals surface area contributed by atoms with Crippen LogP contribution in [0.4, 0.5) is 5.69 Å². The van der Waals surface area contributed by atoms with Crippen LogP contribution in [-0.2, 0) is 16.6 Å². The Bertz CT molecular complexity index is 1080. The molecule has 0 aromatic heterocycles. The van der Waals surface area contributed by atoms with E-state index in [1.807, 2.05) is 67.6 Å². The van der Waals surface area contributed by atoms with Crippen molar-refractivity contribution in [1.82, 2.24) is 5.32 Å². The van der Waals surface area contributed by atoms with E-state index in [0.717, 1.165) is 17.4 Å². The lowest BCUT2D eigenvalue weighted by Crippen LogP contribution is -2.33. The van der Waals surface area contributed by atoms with Crippen LogP contribution in [0.5, 0.6) is 0 Å². The van der Waals surface area contributed by atoms with E-state index >= 15 is 0 Å². The molecular formula is C24H26N2O3S. The number of amides is 1. The van der Waals surface area contributed by atoms with Crippen molar-refractivity contribution >= 4 is 21.6 Å². The van der Waals surface area contributed by atoms with Crippen LogP contribution in [0.25, 0.3) is 0 Å². The summed E-state index contributed by atoms with van der Waals surface area (Å²) in [5.41, 5.74) is 2.68. The number of hydrogen-bond donors (Lipinski definition) is 1.